The van der Waals surface area contributed by atoms with E-state index >= 15 is 0 Å². The first-order valence-corrected chi connectivity index (χ1v) is 5.61. The molecule has 0 aromatic carbocycles. The van der Waals surface area contributed by atoms with Crippen LogP contribution < -0.4 is 0 Å². The molecule has 0 amide bonds. The van der Waals surface area contributed by atoms with Crippen molar-refractivity contribution in [2.75, 3.05) is 6.16 Å². The van der Waals surface area contributed by atoms with Crippen molar-refractivity contribution in [3.05, 3.63) is 0 Å². The van der Waals surface area contributed by atoms with Gasteiger partial charge in [-0.15, -0.1) is 0 Å². The molecule has 4 heteroatoms. The van der Waals surface area contributed by atoms with Gasteiger partial charge in [-0.25, -0.2) is 0 Å². The van der Waals surface area contributed by atoms with Crippen LogP contribution in [-0.4, -0.2) is 16.8 Å². The van der Waals surface area contributed by atoms with Crippen LogP contribution in [0.1, 0.15) is 33.1 Å². The number of hydrogen-bond donors (Lipinski definition) is 1. The van der Waals surface area contributed by atoms with Gasteiger partial charge < -0.3 is 0 Å². The Hall–Kier alpha value is -0.270. The van der Waals surface area contributed by atoms with Crippen LogP contribution in [0.4, 0.5) is 0 Å². The number of carbonyl (C=O) groups is 1. The Bertz CT molecular complexity index is 168. The lowest BCUT2D eigenvalue weighted by Crippen LogP contribution is -2.07. The Morgan fingerprint density at radius 1 is 1.58 bits per heavy atom. The summed E-state index contributed by atoms with van der Waals surface area (Å²) in [5.41, 5.74) is 0. The van der Waals surface area contributed by atoms with E-state index in [4.69, 9.17) is 4.89 Å². The number of hydrogen-bond acceptors (Lipinski definition) is 2. The first kappa shape index (κ1) is 11.7. The molecule has 0 aromatic rings. The summed E-state index contributed by atoms with van der Waals surface area (Å²) in [5.74, 6) is 0.247. The molecule has 0 bridgehead atoms. The Kier molecular flexibility index (Phi) is 6.13. The van der Waals surface area contributed by atoms with Crippen LogP contribution in [0.2, 0.25) is 0 Å². The zero-order valence-corrected chi connectivity index (χ0v) is 8.51. The minimum Gasteiger partial charge on any atom is -0.295 e. The quantitative estimate of drug-likeness (QED) is 0.654. The fourth-order valence-corrected chi connectivity index (χ4v) is 1.63. The molecule has 0 saturated carbocycles. The summed E-state index contributed by atoms with van der Waals surface area (Å²) in [6.45, 7) is 4.05. The molecule has 2 unspecified atom stereocenters. The van der Waals surface area contributed by atoms with Crippen molar-refractivity contribution in [2.24, 2.45) is 5.92 Å². The number of ketones is 1. The molecular weight excluding hydrogens is 175 g/mol. The molecule has 2 atom stereocenters. The van der Waals surface area contributed by atoms with Crippen LogP contribution in [0.15, 0.2) is 0 Å². The SMILES string of the molecule is CCCC(C)CC(=O)C[P+](=O)O. The highest BCUT2D eigenvalue weighted by Gasteiger charge is 2.19. The van der Waals surface area contributed by atoms with Gasteiger partial charge in [0, 0.05) is 6.42 Å². The molecule has 0 heterocycles. The van der Waals surface area contributed by atoms with Crippen LogP contribution >= 0.6 is 8.03 Å². The molecule has 3 nitrogen and oxygen atoms in total. The Labute approximate surface area is 74.0 Å². The van der Waals surface area contributed by atoms with E-state index in [9.17, 15) is 9.36 Å². The van der Waals surface area contributed by atoms with E-state index in [1.54, 1.807) is 0 Å². The van der Waals surface area contributed by atoms with Crippen LogP contribution in [0.25, 0.3) is 0 Å². The third-order valence-corrected chi connectivity index (χ3v) is 2.29. The second-order valence-electron chi connectivity index (χ2n) is 3.15. The van der Waals surface area contributed by atoms with Crippen molar-refractivity contribution >= 4 is 13.8 Å². The van der Waals surface area contributed by atoms with Gasteiger partial charge in [-0.05, 0) is 10.5 Å². The average Bonchev–Trinajstić information content (AvgIpc) is 1.84. The topological polar surface area (TPSA) is 54.4 Å². The van der Waals surface area contributed by atoms with Crippen molar-refractivity contribution in [1.82, 2.24) is 0 Å². The second kappa shape index (κ2) is 6.27. The van der Waals surface area contributed by atoms with E-state index in [-0.39, 0.29) is 11.9 Å². The van der Waals surface area contributed by atoms with Gasteiger partial charge in [0.2, 0.25) is 6.16 Å². The lowest BCUT2D eigenvalue weighted by Gasteiger charge is -2.05. The molecule has 0 spiro atoms. The number of Topliss-reactive ketones (excluding diaryl/α,β-unsaturated/α-hetero) is 1. The molecule has 0 aliphatic carbocycles. The van der Waals surface area contributed by atoms with Crippen LogP contribution in [0, 0.1) is 5.92 Å². The zero-order valence-electron chi connectivity index (χ0n) is 7.62. The third-order valence-electron chi connectivity index (χ3n) is 1.67. The maximum Gasteiger partial charge on any atom is 0.513 e. The predicted molar refractivity (Wildman–Crippen MR) is 48.4 cm³/mol. The normalized spacial score (nSPS) is 14.1. The Balaban J connectivity index is 3.61. The monoisotopic (exact) mass is 191 g/mol. The van der Waals surface area contributed by atoms with Crippen molar-refractivity contribution in [2.45, 2.75) is 33.1 Å². The van der Waals surface area contributed by atoms with Gasteiger partial charge in [-0.3, -0.25) is 4.79 Å². The van der Waals surface area contributed by atoms with Crippen molar-refractivity contribution in [3.63, 3.8) is 0 Å². The molecular formula is C8H16O3P+. The summed E-state index contributed by atoms with van der Waals surface area (Å²) in [4.78, 5) is 19.4. The summed E-state index contributed by atoms with van der Waals surface area (Å²) in [6, 6.07) is 0. The summed E-state index contributed by atoms with van der Waals surface area (Å²) >= 11 is 0. The molecule has 0 radical (unpaired) electrons. The van der Waals surface area contributed by atoms with Crippen molar-refractivity contribution < 1.29 is 14.3 Å². The zero-order chi connectivity index (χ0) is 9.56. The predicted octanol–water partition coefficient (Wildman–Crippen LogP) is 2.12. The Morgan fingerprint density at radius 2 is 2.17 bits per heavy atom. The fraction of sp³-hybridized carbons (Fsp3) is 0.875. The molecule has 0 fully saturated rings. The minimum absolute atomic E-state index is 0.0976. The first-order valence-electron chi connectivity index (χ1n) is 4.21. The standard InChI is InChI=1S/C8H15O3P/c1-3-4-7(2)5-8(9)6-12(10)11/h7H,3-6H2,1-2H3/p+1. The highest BCUT2D eigenvalue weighted by Crippen LogP contribution is 2.17. The van der Waals surface area contributed by atoms with E-state index < -0.39 is 8.03 Å². The third kappa shape index (κ3) is 6.44. The molecule has 0 aliphatic heterocycles. The Morgan fingerprint density at radius 3 is 2.58 bits per heavy atom. The van der Waals surface area contributed by atoms with Crippen molar-refractivity contribution in [1.29, 1.82) is 0 Å². The van der Waals surface area contributed by atoms with Crippen molar-refractivity contribution in [3.8, 4) is 0 Å². The van der Waals surface area contributed by atoms with Gasteiger partial charge in [0.1, 0.15) is 0 Å². The molecule has 0 aromatic heterocycles. The van der Waals surface area contributed by atoms with Gasteiger partial charge >= 0.3 is 8.03 Å². The lowest BCUT2D eigenvalue weighted by atomic mass is 10.0. The minimum atomic E-state index is -2.28. The van der Waals surface area contributed by atoms with Gasteiger partial charge in [0.05, 0.1) is 0 Å². The molecule has 12 heavy (non-hydrogen) atoms. The largest absolute Gasteiger partial charge is 0.513 e. The maximum atomic E-state index is 11.0. The van der Waals surface area contributed by atoms with Crippen LogP contribution in [0.5, 0.6) is 0 Å². The van der Waals surface area contributed by atoms with Gasteiger partial charge in [-0.1, -0.05) is 26.7 Å². The molecule has 0 rings (SSSR count). The van der Waals surface area contributed by atoms with E-state index in [2.05, 4.69) is 6.92 Å². The van der Waals surface area contributed by atoms with Crippen LogP contribution in [0.3, 0.4) is 0 Å². The molecule has 0 aliphatic rings. The first-order chi connectivity index (χ1) is 5.56. The van der Waals surface area contributed by atoms with Gasteiger partial charge in [0.25, 0.3) is 0 Å². The maximum absolute atomic E-state index is 11.0. The lowest BCUT2D eigenvalue weighted by molar-refractivity contribution is -0.117. The smallest absolute Gasteiger partial charge is 0.295 e. The van der Waals surface area contributed by atoms with E-state index in [0.717, 1.165) is 12.8 Å². The summed E-state index contributed by atoms with van der Waals surface area (Å²) in [7, 11) is -2.28. The average molecular weight is 191 g/mol. The highest BCUT2D eigenvalue weighted by molar-refractivity contribution is 7.39. The van der Waals surface area contributed by atoms with Gasteiger partial charge in [-0.2, -0.15) is 4.89 Å². The fourth-order valence-electron chi connectivity index (χ4n) is 1.20. The summed E-state index contributed by atoms with van der Waals surface area (Å²) in [5, 5.41) is 0. The highest BCUT2D eigenvalue weighted by atomic mass is 31.1. The van der Waals surface area contributed by atoms with E-state index in [1.807, 2.05) is 6.92 Å². The van der Waals surface area contributed by atoms with E-state index in [1.165, 1.54) is 0 Å². The number of rotatable bonds is 6. The summed E-state index contributed by atoms with van der Waals surface area (Å²) in [6.07, 6.45) is 2.33. The van der Waals surface area contributed by atoms with E-state index in [0.29, 0.717) is 12.3 Å². The number of carbonyl (C=O) groups excluding carboxylic acids is 1. The molecule has 1 N–H and O–H groups in total. The molecule has 0 saturated heterocycles. The van der Waals surface area contributed by atoms with Gasteiger partial charge in [0.15, 0.2) is 5.78 Å². The molecule has 70 valence electrons. The summed E-state index contributed by atoms with van der Waals surface area (Å²) < 4.78 is 10.3. The van der Waals surface area contributed by atoms with Crippen LogP contribution in [-0.2, 0) is 9.36 Å². The second-order valence-corrected chi connectivity index (χ2v) is 4.17.